The lowest BCUT2D eigenvalue weighted by Gasteiger charge is -2.26. The molecule has 1 aliphatic rings. The van der Waals surface area contributed by atoms with Crippen molar-refractivity contribution in [2.24, 2.45) is 0 Å². The Hall–Kier alpha value is -3.63. The SMILES string of the molecule is Cc1cnc2c(c1)C(C#N)C(c1ccc(S(=O)(=O)N[C@@H](C)C(F)(F)F)cn1)N2c1cccnn1. The molecule has 0 saturated carbocycles. The van der Waals surface area contributed by atoms with Crippen molar-refractivity contribution in [2.75, 3.05) is 4.90 Å². The first-order valence-corrected chi connectivity index (χ1v) is 11.5. The number of nitrogens with one attached hydrogen (secondary N) is 1. The molecule has 176 valence electrons. The summed E-state index contributed by atoms with van der Waals surface area (Å²) in [6.07, 6.45) is -0.633. The van der Waals surface area contributed by atoms with Gasteiger partial charge in [-0.2, -0.15) is 28.3 Å². The van der Waals surface area contributed by atoms with Crippen molar-refractivity contribution >= 4 is 21.7 Å². The van der Waals surface area contributed by atoms with Gasteiger partial charge >= 0.3 is 6.18 Å². The maximum atomic E-state index is 12.8. The number of pyridine rings is 2. The van der Waals surface area contributed by atoms with Crippen molar-refractivity contribution in [3.05, 3.63) is 65.7 Å². The van der Waals surface area contributed by atoms with E-state index in [1.807, 2.05) is 13.0 Å². The van der Waals surface area contributed by atoms with E-state index in [1.54, 1.807) is 28.0 Å². The molecule has 0 amide bonds. The molecule has 0 aromatic carbocycles. The number of alkyl halides is 3. The van der Waals surface area contributed by atoms with E-state index in [4.69, 9.17) is 0 Å². The lowest BCUT2D eigenvalue weighted by atomic mass is 9.94. The Labute approximate surface area is 193 Å². The van der Waals surface area contributed by atoms with Gasteiger partial charge in [-0.1, -0.05) is 0 Å². The zero-order valence-electron chi connectivity index (χ0n) is 17.9. The van der Waals surface area contributed by atoms with Crippen molar-refractivity contribution in [2.45, 2.75) is 42.9 Å². The van der Waals surface area contributed by atoms with E-state index >= 15 is 0 Å². The van der Waals surface area contributed by atoms with Gasteiger partial charge < -0.3 is 0 Å². The summed E-state index contributed by atoms with van der Waals surface area (Å²) in [5.41, 5.74) is 1.81. The lowest BCUT2D eigenvalue weighted by Crippen LogP contribution is -2.43. The molecule has 2 unspecified atom stereocenters. The first-order valence-electron chi connectivity index (χ1n) is 10.0. The summed E-state index contributed by atoms with van der Waals surface area (Å²) in [4.78, 5) is 9.93. The summed E-state index contributed by atoms with van der Waals surface area (Å²) in [5, 5.41) is 18.0. The molecule has 9 nitrogen and oxygen atoms in total. The van der Waals surface area contributed by atoms with E-state index in [-0.39, 0.29) is 0 Å². The van der Waals surface area contributed by atoms with Crippen LogP contribution in [0.1, 0.15) is 35.7 Å². The molecule has 4 rings (SSSR count). The van der Waals surface area contributed by atoms with Gasteiger partial charge in [0, 0.05) is 24.2 Å². The Bertz CT molecular complexity index is 1340. The molecule has 0 aliphatic carbocycles. The van der Waals surface area contributed by atoms with Crippen molar-refractivity contribution in [3.63, 3.8) is 0 Å². The van der Waals surface area contributed by atoms with Crippen molar-refractivity contribution < 1.29 is 21.6 Å². The molecule has 4 heterocycles. The highest BCUT2D eigenvalue weighted by atomic mass is 32.2. The number of sulfonamides is 1. The molecule has 3 aromatic heterocycles. The van der Waals surface area contributed by atoms with E-state index in [0.717, 1.165) is 17.8 Å². The second-order valence-electron chi connectivity index (χ2n) is 7.73. The Morgan fingerprint density at radius 3 is 2.56 bits per heavy atom. The van der Waals surface area contributed by atoms with Gasteiger partial charge in [-0.15, -0.1) is 5.10 Å². The number of aromatic nitrogens is 4. The van der Waals surface area contributed by atoms with Crippen LogP contribution in [0.5, 0.6) is 0 Å². The van der Waals surface area contributed by atoms with Crippen LogP contribution >= 0.6 is 0 Å². The van der Waals surface area contributed by atoms with Gasteiger partial charge in [-0.05, 0) is 49.7 Å². The van der Waals surface area contributed by atoms with E-state index in [2.05, 4.69) is 26.2 Å². The number of nitrogens with zero attached hydrogens (tertiary/aromatic N) is 6. The van der Waals surface area contributed by atoms with Crippen LogP contribution in [0.15, 0.2) is 53.8 Å². The fourth-order valence-electron chi connectivity index (χ4n) is 3.67. The van der Waals surface area contributed by atoms with Gasteiger partial charge in [0.25, 0.3) is 0 Å². The zero-order chi connectivity index (χ0) is 24.7. The number of halogens is 3. The molecule has 34 heavy (non-hydrogen) atoms. The number of fused-ring (bicyclic) bond motifs is 1. The predicted octanol–water partition coefficient (Wildman–Crippen LogP) is 3.30. The number of aryl methyl sites for hydroxylation is 1. The summed E-state index contributed by atoms with van der Waals surface area (Å²) in [5.74, 6) is 0.173. The largest absolute Gasteiger partial charge is 0.404 e. The van der Waals surface area contributed by atoms with Crippen LogP contribution in [-0.4, -0.2) is 40.8 Å². The normalized spacial score (nSPS) is 18.9. The minimum absolute atomic E-state index is 0.315. The summed E-state index contributed by atoms with van der Waals surface area (Å²) < 4.78 is 64.8. The van der Waals surface area contributed by atoms with Crippen molar-refractivity contribution in [1.82, 2.24) is 24.9 Å². The molecular weight excluding hydrogens is 471 g/mol. The van der Waals surface area contributed by atoms with Crippen LogP contribution in [0, 0.1) is 18.3 Å². The first-order chi connectivity index (χ1) is 16.0. The minimum Gasteiger partial charge on any atom is -0.298 e. The van der Waals surface area contributed by atoms with Gasteiger partial charge in [0.05, 0.1) is 17.8 Å². The lowest BCUT2D eigenvalue weighted by molar-refractivity contribution is -0.147. The van der Waals surface area contributed by atoms with Gasteiger partial charge in [0.1, 0.15) is 22.7 Å². The highest BCUT2D eigenvalue weighted by Crippen LogP contribution is 2.50. The molecular formula is C21H18F3N7O2S. The fourth-order valence-corrected chi connectivity index (χ4v) is 4.85. The van der Waals surface area contributed by atoms with E-state index < -0.39 is 39.1 Å². The van der Waals surface area contributed by atoms with Crippen LogP contribution in [0.3, 0.4) is 0 Å². The smallest absolute Gasteiger partial charge is 0.298 e. The van der Waals surface area contributed by atoms with Gasteiger partial charge in [-0.25, -0.2) is 13.4 Å². The molecule has 0 spiro atoms. The molecule has 3 aromatic rings. The van der Waals surface area contributed by atoms with E-state index in [1.165, 1.54) is 12.3 Å². The average Bonchev–Trinajstić information content (AvgIpc) is 3.12. The highest BCUT2D eigenvalue weighted by Gasteiger charge is 2.44. The number of nitriles is 1. The van der Waals surface area contributed by atoms with E-state index in [9.17, 15) is 26.9 Å². The third-order valence-electron chi connectivity index (χ3n) is 5.33. The fraction of sp³-hybridized carbons (Fsp3) is 0.286. The minimum atomic E-state index is -4.74. The summed E-state index contributed by atoms with van der Waals surface area (Å²) in [6.45, 7) is 2.55. The maximum Gasteiger partial charge on any atom is 0.404 e. The molecule has 13 heteroatoms. The van der Waals surface area contributed by atoms with Crippen molar-refractivity contribution in [1.29, 1.82) is 5.26 Å². The molecule has 1 N–H and O–H groups in total. The number of anilines is 2. The van der Waals surface area contributed by atoms with E-state index in [0.29, 0.717) is 29.8 Å². The Balaban J connectivity index is 1.75. The van der Waals surface area contributed by atoms with Crippen LogP contribution < -0.4 is 9.62 Å². The quantitative estimate of drug-likeness (QED) is 0.579. The van der Waals surface area contributed by atoms with Gasteiger partial charge in [0.15, 0.2) is 5.82 Å². The molecule has 3 atom stereocenters. The average molecular weight is 489 g/mol. The summed E-state index contributed by atoms with van der Waals surface area (Å²) >= 11 is 0. The number of hydrogen-bond acceptors (Lipinski definition) is 8. The third-order valence-corrected chi connectivity index (χ3v) is 6.85. The monoisotopic (exact) mass is 489 g/mol. The standard InChI is InChI=1S/C21H18F3N7O2S/c1-12-8-15-16(9-25)19(31(20(15)27-10-12)18-4-3-7-28-29-18)17-6-5-14(11-26-17)34(32,33)30-13(2)21(22,23)24/h3-8,10-11,13,16,19,30H,1-2H3/t13-,16?,19?/m0/s1. The van der Waals surface area contributed by atoms with Crippen molar-refractivity contribution in [3.8, 4) is 6.07 Å². The molecule has 0 saturated heterocycles. The summed E-state index contributed by atoms with van der Waals surface area (Å²) in [7, 11) is -4.47. The topological polar surface area (TPSA) is 125 Å². The van der Waals surface area contributed by atoms with Crippen LogP contribution in [0.4, 0.5) is 24.8 Å². The molecule has 0 bridgehead atoms. The van der Waals surface area contributed by atoms with Crippen LogP contribution in [0.2, 0.25) is 0 Å². The second kappa shape index (κ2) is 8.62. The van der Waals surface area contributed by atoms with Gasteiger partial charge in [0.2, 0.25) is 10.0 Å². The Morgan fingerprint density at radius 1 is 1.21 bits per heavy atom. The van der Waals surface area contributed by atoms with Crippen LogP contribution in [-0.2, 0) is 10.0 Å². The number of hydrogen-bond donors (Lipinski definition) is 1. The Kier molecular flexibility index (Phi) is 5.96. The highest BCUT2D eigenvalue weighted by molar-refractivity contribution is 7.89. The third kappa shape index (κ3) is 4.29. The van der Waals surface area contributed by atoms with Crippen LogP contribution in [0.25, 0.3) is 0 Å². The zero-order valence-corrected chi connectivity index (χ0v) is 18.7. The maximum absolute atomic E-state index is 12.8. The molecule has 0 fully saturated rings. The second-order valence-corrected chi connectivity index (χ2v) is 9.45. The predicted molar refractivity (Wildman–Crippen MR) is 114 cm³/mol. The first kappa shape index (κ1) is 23.5. The number of rotatable bonds is 5. The summed E-state index contributed by atoms with van der Waals surface area (Å²) in [6, 6.07) is 6.98. The molecule has 1 aliphatic heterocycles. The van der Waals surface area contributed by atoms with Gasteiger partial charge in [-0.3, -0.25) is 9.88 Å². The Morgan fingerprint density at radius 2 is 1.97 bits per heavy atom. The molecule has 0 radical (unpaired) electrons.